The predicted molar refractivity (Wildman–Crippen MR) is 65.3 cm³/mol. The normalized spacial score (nSPS) is 11.8. The third-order valence-corrected chi connectivity index (χ3v) is 3.33. The van der Waals surface area contributed by atoms with Crippen LogP contribution in [-0.4, -0.2) is 10.7 Å². The number of thiazole rings is 1. The maximum Gasteiger partial charge on any atom is 0.200 e. The van der Waals surface area contributed by atoms with E-state index in [0.29, 0.717) is 10.7 Å². The van der Waals surface area contributed by atoms with Gasteiger partial charge in [0.15, 0.2) is 23.3 Å². The molecule has 3 nitrogen and oxygen atoms in total. The fraction of sp³-hybridized carbons (Fsp3) is 0.167. The van der Waals surface area contributed by atoms with Gasteiger partial charge in [-0.25, -0.2) is 26.9 Å². The molecule has 0 atom stereocenters. The first kappa shape index (κ1) is 15.4. The highest BCUT2D eigenvalue weighted by Gasteiger charge is 2.25. The molecule has 2 rings (SSSR count). The highest BCUT2D eigenvalue weighted by Crippen LogP contribution is 2.23. The molecule has 0 saturated heterocycles. The molecular weight excluding hydrogens is 315 g/mol. The molecule has 21 heavy (non-hydrogen) atoms. The monoisotopic (exact) mass is 322 g/mol. The molecule has 1 heterocycles. The van der Waals surface area contributed by atoms with E-state index in [-0.39, 0.29) is 0 Å². The zero-order chi connectivity index (χ0) is 15.6. The smallest absolute Gasteiger partial charge is 0.200 e. The molecular formula is C12H7F5N2OS. The van der Waals surface area contributed by atoms with Gasteiger partial charge < -0.3 is 4.84 Å². The van der Waals surface area contributed by atoms with Crippen LogP contribution in [0.1, 0.15) is 17.5 Å². The molecule has 0 spiro atoms. The minimum Gasteiger partial charge on any atom is -0.390 e. The van der Waals surface area contributed by atoms with E-state index in [4.69, 9.17) is 0 Å². The largest absolute Gasteiger partial charge is 0.390 e. The van der Waals surface area contributed by atoms with E-state index in [9.17, 15) is 22.0 Å². The fourth-order valence-corrected chi connectivity index (χ4v) is 1.99. The molecule has 2 aromatic rings. The summed E-state index contributed by atoms with van der Waals surface area (Å²) >= 11 is 1.25. The van der Waals surface area contributed by atoms with Gasteiger partial charge in [-0.05, 0) is 6.92 Å². The Bertz CT molecular complexity index is 658. The zero-order valence-corrected chi connectivity index (χ0v) is 11.3. The van der Waals surface area contributed by atoms with Crippen LogP contribution in [0.3, 0.4) is 0 Å². The number of nitrogens with zero attached hydrogens (tertiary/aromatic N) is 2. The summed E-state index contributed by atoms with van der Waals surface area (Å²) in [7, 11) is 0. The lowest BCUT2D eigenvalue weighted by atomic mass is 10.2. The summed E-state index contributed by atoms with van der Waals surface area (Å²) < 4.78 is 65.4. The van der Waals surface area contributed by atoms with Crippen molar-refractivity contribution in [1.82, 2.24) is 4.98 Å². The van der Waals surface area contributed by atoms with Crippen molar-refractivity contribution in [1.29, 1.82) is 0 Å². The molecule has 0 radical (unpaired) electrons. The first-order valence-corrected chi connectivity index (χ1v) is 6.38. The van der Waals surface area contributed by atoms with Gasteiger partial charge in [-0.3, -0.25) is 0 Å². The van der Waals surface area contributed by atoms with Gasteiger partial charge >= 0.3 is 0 Å². The summed E-state index contributed by atoms with van der Waals surface area (Å²) in [5, 5.41) is 5.70. The van der Waals surface area contributed by atoms with Crippen molar-refractivity contribution in [3.63, 3.8) is 0 Å². The van der Waals surface area contributed by atoms with Crippen molar-refractivity contribution in [2.45, 2.75) is 13.5 Å². The highest BCUT2D eigenvalue weighted by molar-refractivity contribution is 7.11. The number of halogens is 5. The minimum atomic E-state index is -2.21. The van der Waals surface area contributed by atoms with Gasteiger partial charge in [-0.2, -0.15) is 0 Å². The minimum absolute atomic E-state index is 0.314. The maximum atomic E-state index is 13.3. The van der Waals surface area contributed by atoms with Gasteiger partial charge in [0.2, 0.25) is 5.82 Å². The van der Waals surface area contributed by atoms with E-state index < -0.39 is 41.3 Å². The van der Waals surface area contributed by atoms with E-state index in [1.807, 2.05) is 0 Å². The first-order chi connectivity index (χ1) is 9.93. The van der Waals surface area contributed by atoms with Gasteiger partial charge in [0, 0.05) is 11.6 Å². The molecule has 0 fully saturated rings. The van der Waals surface area contributed by atoms with Gasteiger partial charge in [-0.1, -0.05) is 5.16 Å². The van der Waals surface area contributed by atoms with Crippen LogP contribution in [0.4, 0.5) is 22.0 Å². The molecule has 0 aliphatic carbocycles. The Kier molecular flexibility index (Phi) is 4.51. The number of hydrogen-bond donors (Lipinski definition) is 0. The third-order valence-electron chi connectivity index (χ3n) is 2.45. The van der Waals surface area contributed by atoms with E-state index >= 15 is 0 Å². The molecule has 1 aromatic carbocycles. The standard InChI is InChI=1S/C12H7F5N2OS/c1-5(12-18-2-3-21-12)19-20-4-6-7(13)9(15)11(17)10(16)8(6)14/h2-3H,4H2,1H3/b19-5+. The number of rotatable bonds is 4. The first-order valence-electron chi connectivity index (χ1n) is 5.50. The molecule has 0 unspecified atom stereocenters. The SMILES string of the molecule is C/C(=N\OCc1c(F)c(F)c(F)c(F)c1F)c1nccs1. The van der Waals surface area contributed by atoms with Crippen LogP contribution in [0.15, 0.2) is 16.7 Å². The van der Waals surface area contributed by atoms with Gasteiger partial charge in [0.25, 0.3) is 0 Å². The average Bonchev–Trinajstić information content (AvgIpc) is 3.01. The van der Waals surface area contributed by atoms with E-state index in [1.54, 1.807) is 5.38 Å². The Morgan fingerprint density at radius 3 is 2.19 bits per heavy atom. The van der Waals surface area contributed by atoms with Crippen molar-refractivity contribution >= 4 is 17.0 Å². The molecule has 1 aromatic heterocycles. The van der Waals surface area contributed by atoms with Crippen LogP contribution >= 0.6 is 11.3 Å². The van der Waals surface area contributed by atoms with Gasteiger partial charge in [0.1, 0.15) is 17.3 Å². The Balaban J connectivity index is 2.20. The van der Waals surface area contributed by atoms with E-state index in [2.05, 4.69) is 15.0 Å². The lowest BCUT2D eigenvalue weighted by Crippen LogP contribution is -2.08. The summed E-state index contributed by atoms with van der Waals surface area (Å²) in [6, 6.07) is 0. The fourth-order valence-electron chi connectivity index (χ4n) is 1.41. The van der Waals surface area contributed by atoms with Crippen molar-refractivity contribution in [2.24, 2.45) is 5.16 Å². The second-order valence-electron chi connectivity index (χ2n) is 3.84. The Hall–Kier alpha value is -2.03. The van der Waals surface area contributed by atoms with Crippen LogP contribution in [0.25, 0.3) is 0 Å². The van der Waals surface area contributed by atoms with Crippen molar-refractivity contribution in [3.8, 4) is 0 Å². The second kappa shape index (κ2) is 6.17. The molecule has 112 valence electrons. The zero-order valence-electron chi connectivity index (χ0n) is 10.5. The highest BCUT2D eigenvalue weighted by atomic mass is 32.1. The molecule has 0 aliphatic rings. The quantitative estimate of drug-likeness (QED) is 0.282. The lowest BCUT2D eigenvalue weighted by Gasteiger charge is -2.07. The van der Waals surface area contributed by atoms with E-state index in [1.165, 1.54) is 24.5 Å². The Morgan fingerprint density at radius 2 is 1.67 bits per heavy atom. The number of oxime groups is 1. The molecule has 9 heteroatoms. The summed E-state index contributed by atoms with van der Waals surface area (Å²) in [5.74, 6) is -10.1. The van der Waals surface area contributed by atoms with Crippen molar-refractivity contribution in [3.05, 3.63) is 51.2 Å². The summed E-state index contributed by atoms with van der Waals surface area (Å²) in [5.41, 5.74) is -0.768. The van der Waals surface area contributed by atoms with Crippen LogP contribution in [0.5, 0.6) is 0 Å². The average molecular weight is 322 g/mol. The molecule has 0 N–H and O–H groups in total. The lowest BCUT2D eigenvalue weighted by molar-refractivity contribution is 0.123. The molecule has 0 aliphatic heterocycles. The van der Waals surface area contributed by atoms with Crippen molar-refractivity contribution < 1.29 is 26.8 Å². The topological polar surface area (TPSA) is 34.5 Å². The van der Waals surface area contributed by atoms with Crippen LogP contribution in [0.2, 0.25) is 0 Å². The summed E-state index contributed by atoms with van der Waals surface area (Å²) in [6.45, 7) is 0.631. The number of hydrogen-bond acceptors (Lipinski definition) is 4. The third kappa shape index (κ3) is 3.02. The number of aromatic nitrogens is 1. The van der Waals surface area contributed by atoms with Crippen molar-refractivity contribution in [2.75, 3.05) is 0 Å². The molecule has 0 amide bonds. The second-order valence-corrected chi connectivity index (χ2v) is 4.73. The molecule has 0 saturated carbocycles. The van der Waals surface area contributed by atoms with Crippen LogP contribution < -0.4 is 0 Å². The maximum absolute atomic E-state index is 13.3. The Labute approximate surface area is 119 Å². The predicted octanol–water partition coefficient (Wildman–Crippen LogP) is 3.78. The van der Waals surface area contributed by atoms with E-state index in [0.717, 1.165) is 0 Å². The van der Waals surface area contributed by atoms with Crippen LogP contribution in [-0.2, 0) is 11.4 Å². The Morgan fingerprint density at radius 1 is 1.10 bits per heavy atom. The van der Waals surface area contributed by atoms with Gasteiger partial charge in [0.05, 0.1) is 5.56 Å². The van der Waals surface area contributed by atoms with Crippen LogP contribution in [0, 0.1) is 29.1 Å². The number of benzene rings is 1. The summed E-state index contributed by atoms with van der Waals surface area (Å²) in [4.78, 5) is 8.54. The molecule has 0 bridgehead atoms. The summed E-state index contributed by atoms with van der Waals surface area (Å²) in [6.07, 6.45) is 1.52. The van der Waals surface area contributed by atoms with Gasteiger partial charge in [-0.15, -0.1) is 11.3 Å².